The van der Waals surface area contributed by atoms with Gasteiger partial charge in [-0.25, -0.2) is 0 Å². The summed E-state index contributed by atoms with van der Waals surface area (Å²) >= 11 is 0. The Morgan fingerprint density at radius 1 is 0.846 bits per heavy atom. The van der Waals surface area contributed by atoms with Crippen LogP contribution in [0.15, 0.2) is 60.7 Å². The predicted molar refractivity (Wildman–Crippen MR) is 104 cm³/mol. The van der Waals surface area contributed by atoms with Crippen molar-refractivity contribution in [1.29, 1.82) is 0 Å². The Balaban J connectivity index is 1.41. The predicted octanol–water partition coefficient (Wildman–Crippen LogP) is 4.03. The number of nitrogens with one attached hydrogen (secondary N) is 1. The molecule has 134 valence electrons. The third-order valence-electron chi connectivity index (χ3n) is 3.98. The molecule has 4 heteroatoms. The SMILES string of the molecule is Cc1cc(C)cc(OCCNC(=O)COc2ccc3ccccc3c2)c1. The van der Waals surface area contributed by atoms with Gasteiger partial charge in [-0.1, -0.05) is 36.4 Å². The molecular weight excluding hydrogens is 326 g/mol. The van der Waals surface area contributed by atoms with Gasteiger partial charge in [0.1, 0.15) is 18.1 Å². The first-order chi connectivity index (χ1) is 12.6. The van der Waals surface area contributed by atoms with Crippen molar-refractivity contribution in [1.82, 2.24) is 5.32 Å². The Kier molecular flexibility index (Phi) is 5.74. The van der Waals surface area contributed by atoms with E-state index in [1.807, 2.05) is 68.4 Å². The first kappa shape index (κ1) is 17.8. The molecule has 0 bridgehead atoms. The number of carbonyl (C=O) groups excluding carboxylic acids is 1. The summed E-state index contributed by atoms with van der Waals surface area (Å²) < 4.78 is 11.2. The number of hydrogen-bond acceptors (Lipinski definition) is 3. The van der Waals surface area contributed by atoms with Gasteiger partial charge in [0.05, 0.1) is 6.54 Å². The smallest absolute Gasteiger partial charge is 0.258 e. The van der Waals surface area contributed by atoms with Gasteiger partial charge in [0.15, 0.2) is 6.61 Å². The van der Waals surface area contributed by atoms with Crippen molar-refractivity contribution in [3.63, 3.8) is 0 Å². The fraction of sp³-hybridized carbons (Fsp3) is 0.227. The molecule has 3 aromatic rings. The Morgan fingerprint density at radius 2 is 1.58 bits per heavy atom. The van der Waals surface area contributed by atoms with Crippen LogP contribution in [0.3, 0.4) is 0 Å². The van der Waals surface area contributed by atoms with Gasteiger partial charge in [-0.3, -0.25) is 4.79 Å². The maximum absolute atomic E-state index is 11.9. The van der Waals surface area contributed by atoms with Crippen LogP contribution in [0.25, 0.3) is 10.8 Å². The van der Waals surface area contributed by atoms with Crippen molar-refractivity contribution >= 4 is 16.7 Å². The molecule has 3 aromatic carbocycles. The third-order valence-corrected chi connectivity index (χ3v) is 3.98. The van der Waals surface area contributed by atoms with Crippen molar-refractivity contribution in [3.8, 4) is 11.5 Å². The van der Waals surface area contributed by atoms with Crippen LogP contribution in [0.5, 0.6) is 11.5 Å². The molecule has 1 N–H and O–H groups in total. The highest BCUT2D eigenvalue weighted by Gasteiger charge is 2.04. The first-order valence-electron chi connectivity index (χ1n) is 8.69. The minimum Gasteiger partial charge on any atom is -0.492 e. The van der Waals surface area contributed by atoms with E-state index >= 15 is 0 Å². The maximum atomic E-state index is 11.9. The van der Waals surface area contributed by atoms with Crippen LogP contribution in [0.2, 0.25) is 0 Å². The monoisotopic (exact) mass is 349 g/mol. The second-order valence-electron chi connectivity index (χ2n) is 6.32. The lowest BCUT2D eigenvalue weighted by Gasteiger charge is -2.10. The van der Waals surface area contributed by atoms with E-state index in [0.29, 0.717) is 18.9 Å². The number of rotatable bonds is 7. The Labute approximate surface area is 153 Å². The highest BCUT2D eigenvalue weighted by molar-refractivity contribution is 5.84. The number of carbonyl (C=O) groups is 1. The van der Waals surface area contributed by atoms with Gasteiger partial charge in [-0.15, -0.1) is 0 Å². The molecule has 26 heavy (non-hydrogen) atoms. The Bertz CT molecular complexity index is 885. The minimum absolute atomic E-state index is 0.0120. The van der Waals surface area contributed by atoms with E-state index in [9.17, 15) is 4.79 Å². The second-order valence-corrected chi connectivity index (χ2v) is 6.32. The summed E-state index contributed by atoms with van der Waals surface area (Å²) in [5.74, 6) is 1.34. The van der Waals surface area contributed by atoms with Crippen LogP contribution in [-0.4, -0.2) is 25.7 Å². The van der Waals surface area contributed by atoms with Gasteiger partial charge in [0.25, 0.3) is 5.91 Å². The topological polar surface area (TPSA) is 47.6 Å². The molecule has 0 aliphatic carbocycles. The molecule has 1 amide bonds. The average Bonchev–Trinajstić information content (AvgIpc) is 2.62. The van der Waals surface area contributed by atoms with E-state index < -0.39 is 0 Å². The standard InChI is InChI=1S/C22H23NO3/c1-16-11-17(2)13-21(12-16)25-10-9-23-22(24)15-26-20-8-7-18-5-3-4-6-19(18)14-20/h3-8,11-14H,9-10,15H2,1-2H3,(H,23,24). The molecule has 0 saturated heterocycles. The van der Waals surface area contributed by atoms with Crippen molar-refractivity contribution < 1.29 is 14.3 Å². The molecule has 4 nitrogen and oxygen atoms in total. The molecule has 0 aliphatic heterocycles. The van der Waals surface area contributed by atoms with Crippen molar-refractivity contribution in [2.24, 2.45) is 0 Å². The van der Waals surface area contributed by atoms with Crippen LogP contribution >= 0.6 is 0 Å². The Morgan fingerprint density at radius 3 is 2.35 bits per heavy atom. The molecular formula is C22H23NO3. The average molecular weight is 349 g/mol. The molecule has 0 aromatic heterocycles. The van der Waals surface area contributed by atoms with Gasteiger partial charge < -0.3 is 14.8 Å². The fourth-order valence-corrected chi connectivity index (χ4v) is 2.83. The molecule has 0 aliphatic rings. The molecule has 0 unspecified atom stereocenters. The molecule has 3 rings (SSSR count). The van der Waals surface area contributed by atoms with E-state index in [4.69, 9.17) is 9.47 Å². The maximum Gasteiger partial charge on any atom is 0.258 e. The zero-order valence-corrected chi connectivity index (χ0v) is 15.1. The zero-order valence-electron chi connectivity index (χ0n) is 15.1. The lowest BCUT2D eigenvalue weighted by atomic mass is 10.1. The largest absolute Gasteiger partial charge is 0.492 e. The Hall–Kier alpha value is -3.01. The lowest BCUT2D eigenvalue weighted by Crippen LogP contribution is -2.32. The van der Waals surface area contributed by atoms with E-state index in [2.05, 4.69) is 11.4 Å². The molecule has 0 heterocycles. The van der Waals surface area contributed by atoms with Gasteiger partial charge in [-0.2, -0.15) is 0 Å². The molecule has 0 atom stereocenters. The van der Waals surface area contributed by atoms with Crippen LogP contribution < -0.4 is 14.8 Å². The third kappa shape index (κ3) is 4.99. The summed E-state index contributed by atoms with van der Waals surface area (Å²) in [6.45, 7) is 4.91. The highest BCUT2D eigenvalue weighted by atomic mass is 16.5. The number of ether oxygens (including phenoxy) is 2. The van der Waals surface area contributed by atoms with E-state index in [0.717, 1.165) is 27.6 Å². The molecule has 0 spiro atoms. The normalized spacial score (nSPS) is 10.5. The first-order valence-corrected chi connectivity index (χ1v) is 8.69. The summed E-state index contributed by atoms with van der Waals surface area (Å²) in [7, 11) is 0. The zero-order chi connectivity index (χ0) is 18.4. The van der Waals surface area contributed by atoms with Gasteiger partial charge >= 0.3 is 0 Å². The van der Waals surface area contributed by atoms with E-state index in [-0.39, 0.29) is 12.5 Å². The van der Waals surface area contributed by atoms with Crippen molar-refractivity contribution in [2.45, 2.75) is 13.8 Å². The van der Waals surface area contributed by atoms with Crippen LogP contribution in [0.4, 0.5) is 0 Å². The van der Waals surface area contributed by atoms with Gasteiger partial charge in [0, 0.05) is 0 Å². The number of fused-ring (bicyclic) bond motifs is 1. The fourth-order valence-electron chi connectivity index (χ4n) is 2.83. The second kappa shape index (κ2) is 8.39. The summed E-state index contributed by atoms with van der Waals surface area (Å²) in [6, 6.07) is 19.9. The summed E-state index contributed by atoms with van der Waals surface area (Å²) in [6.07, 6.45) is 0. The highest BCUT2D eigenvalue weighted by Crippen LogP contribution is 2.20. The van der Waals surface area contributed by atoms with Gasteiger partial charge in [-0.05, 0) is 60.0 Å². The van der Waals surface area contributed by atoms with Crippen molar-refractivity contribution in [2.75, 3.05) is 19.8 Å². The molecule has 0 saturated carbocycles. The quantitative estimate of drug-likeness (QED) is 0.655. The molecule has 0 fully saturated rings. The molecule has 0 radical (unpaired) electrons. The summed E-state index contributed by atoms with van der Waals surface area (Å²) in [4.78, 5) is 11.9. The minimum atomic E-state index is -0.165. The number of hydrogen-bond donors (Lipinski definition) is 1. The number of aryl methyl sites for hydroxylation is 2. The number of benzene rings is 3. The lowest BCUT2D eigenvalue weighted by molar-refractivity contribution is -0.123. The van der Waals surface area contributed by atoms with Crippen molar-refractivity contribution in [3.05, 3.63) is 71.8 Å². The number of amides is 1. The van der Waals surface area contributed by atoms with E-state index in [1.165, 1.54) is 0 Å². The summed E-state index contributed by atoms with van der Waals surface area (Å²) in [5, 5.41) is 5.04. The summed E-state index contributed by atoms with van der Waals surface area (Å²) in [5.41, 5.74) is 2.32. The van der Waals surface area contributed by atoms with E-state index in [1.54, 1.807) is 0 Å². The van der Waals surface area contributed by atoms with Crippen LogP contribution in [0, 0.1) is 13.8 Å². The van der Waals surface area contributed by atoms with Gasteiger partial charge in [0.2, 0.25) is 0 Å². The van der Waals surface area contributed by atoms with Crippen LogP contribution in [0.1, 0.15) is 11.1 Å². The van der Waals surface area contributed by atoms with Crippen LogP contribution in [-0.2, 0) is 4.79 Å².